The van der Waals surface area contributed by atoms with Gasteiger partial charge in [0.05, 0.1) is 5.02 Å². The fourth-order valence-electron chi connectivity index (χ4n) is 2.43. The van der Waals surface area contributed by atoms with Crippen molar-refractivity contribution in [1.29, 1.82) is 0 Å². The molecule has 1 heterocycles. The molecule has 5 nitrogen and oxygen atoms in total. The average Bonchev–Trinajstić information content (AvgIpc) is 2.99. The number of ether oxygens (including phenoxy) is 2. The highest BCUT2D eigenvalue weighted by Crippen LogP contribution is 2.33. The molecule has 0 fully saturated rings. The number of rotatable bonds is 5. The molecular formula is C16H15ClFNO4S. The van der Waals surface area contributed by atoms with Crippen LogP contribution in [0.2, 0.25) is 5.02 Å². The molecule has 0 atom stereocenters. The van der Waals surface area contributed by atoms with Gasteiger partial charge >= 0.3 is 0 Å². The van der Waals surface area contributed by atoms with Crippen LogP contribution in [0.15, 0.2) is 41.3 Å². The van der Waals surface area contributed by atoms with Gasteiger partial charge in [-0.3, -0.25) is 0 Å². The Bertz CT molecular complexity index is 872. The van der Waals surface area contributed by atoms with Crippen LogP contribution in [-0.4, -0.2) is 26.1 Å². The van der Waals surface area contributed by atoms with Gasteiger partial charge in [-0.15, -0.1) is 0 Å². The molecule has 2 aromatic rings. The highest BCUT2D eigenvalue weighted by molar-refractivity contribution is 7.89. The summed E-state index contributed by atoms with van der Waals surface area (Å²) in [7, 11) is -3.85. The number of benzene rings is 2. The summed E-state index contributed by atoms with van der Waals surface area (Å²) in [5.41, 5.74) is 0.753. The van der Waals surface area contributed by atoms with Crippen LogP contribution in [-0.2, 0) is 16.6 Å². The number of hydrogen-bond acceptors (Lipinski definition) is 4. The van der Waals surface area contributed by atoms with Gasteiger partial charge in [-0.05, 0) is 35.9 Å². The van der Waals surface area contributed by atoms with Gasteiger partial charge in [-0.2, -0.15) is 4.31 Å². The Morgan fingerprint density at radius 3 is 2.62 bits per heavy atom. The molecule has 0 aliphatic carbocycles. The lowest BCUT2D eigenvalue weighted by Gasteiger charge is -2.21. The summed E-state index contributed by atoms with van der Waals surface area (Å²) in [6.07, 6.45) is 0. The molecule has 0 bridgehead atoms. The third-order valence-corrected chi connectivity index (χ3v) is 6.06. The summed E-state index contributed by atoms with van der Waals surface area (Å²) in [5, 5.41) is -0.140. The van der Waals surface area contributed by atoms with Gasteiger partial charge in [0.25, 0.3) is 0 Å². The summed E-state index contributed by atoms with van der Waals surface area (Å²) >= 11 is 5.91. The maximum absolute atomic E-state index is 13.2. The van der Waals surface area contributed by atoms with Crippen LogP contribution in [0.4, 0.5) is 4.39 Å². The molecule has 0 aromatic heterocycles. The topological polar surface area (TPSA) is 55.8 Å². The fourth-order valence-corrected chi connectivity index (χ4v) is 4.38. The van der Waals surface area contributed by atoms with Crippen LogP contribution in [0.3, 0.4) is 0 Å². The second-order valence-electron chi connectivity index (χ2n) is 5.19. The Labute approximate surface area is 144 Å². The molecule has 0 saturated carbocycles. The van der Waals surface area contributed by atoms with Crippen LogP contribution in [0.25, 0.3) is 0 Å². The Morgan fingerprint density at radius 2 is 1.92 bits per heavy atom. The monoisotopic (exact) mass is 371 g/mol. The Morgan fingerprint density at radius 1 is 1.17 bits per heavy atom. The molecule has 0 N–H and O–H groups in total. The zero-order valence-corrected chi connectivity index (χ0v) is 14.4. The number of nitrogens with zero attached hydrogens (tertiary/aromatic N) is 1. The Hall–Kier alpha value is -1.83. The van der Waals surface area contributed by atoms with Gasteiger partial charge in [-0.1, -0.05) is 24.6 Å². The van der Waals surface area contributed by atoms with Crippen LogP contribution in [0, 0.1) is 5.82 Å². The molecular weight excluding hydrogens is 357 g/mol. The van der Waals surface area contributed by atoms with E-state index in [0.717, 1.165) is 17.7 Å². The predicted molar refractivity (Wildman–Crippen MR) is 87.2 cm³/mol. The minimum atomic E-state index is -3.85. The van der Waals surface area contributed by atoms with Crippen molar-refractivity contribution >= 4 is 21.6 Å². The van der Waals surface area contributed by atoms with Crippen molar-refractivity contribution in [2.75, 3.05) is 13.3 Å². The Balaban J connectivity index is 1.90. The molecule has 24 heavy (non-hydrogen) atoms. The van der Waals surface area contributed by atoms with Gasteiger partial charge in [0.1, 0.15) is 10.7 Å². The quantitative estimate of drug-likeness (QED) is 0.808. The highest BCUT2D eigenvalue weighted by atomic mass is 35.5. The smallest absolute Gasteiger partial charge is 0.244 e. The summed E-state index contributed by atoms with van der Waals surface area (Å²) in [4.78, 5) is -0.117. The molecule has 3 rings (SSSR count). The number of fused-ring (bicyclic) bond motifs is 1. The minimum absolute atomic E-state index is 0.117. The summed E-state index contributed by atoms with van der Waals surface area (Å²) < 4.78 is 50.6. The summed E-state index contributed by atoms with van der Waals surface area (Å²) in [6, 6.07) is 8.50. The molecule has 1 aliphatic heterocycles. The molecule has 8 heteroatoms. The summed E-state index contributed by atoms with van der Waals surface area (Å²) in [5.74, 6) is 0.629. The van der Waals surface area contributed by atoms with Crippen LogP contribution < -0.4 is 9.47 Å². The van der Waals surface area contributed by atoms with Gasteiger partial charge in [0.15, 0.2) is 11.5 Å². The molecule has 1 aliphatic rings. The predicted octanol–water partition coefficient (Wildman–Crippen LogP) is 3.42. The van der Waals surface area contributed by atoms with E-state index in [1.165, 1.54) is 10.4 Å². The first-order valence-electron chi connectivity index (χ1n) is 7.25. The maximum atomic E-state index is 13.2. The van der Waals surface area contributed by atoms with E-state index in [9.17, 15) is 12.8 Å². The van der Waals surface area contributed by atoms with E-state index in [2.05, 4.69) is 0 Å². The van der Waals surface area contributed by atoms with Crippen LogP contribution in [0.1, 0.15) is 12.5 Å². The van der Waals surface area contributed by atoms with Crippen molar-refractivity contribution in [2.45, 2.75) is 18.4 Å². The molecule has 128 valence electrons. The number of hydrogen-bond donors (Lipinski definition) is 0. The van der Waals surface area contributed by atoms with Crippen LogP contribution >= 0.6 is 11.6 Å². The van der Waals surface area contributed by atoms with E-state index in [4.69, 9.17) is 21.1 Å². The first-order valence-corrected chi connectivity index (χ1v) is 9.07. The molecule has 0 amide bonds. The second-order valence-corrected chi connectivity index (χ2v) is 7.51. The lowest BCUT2D eigenvalue weighted by molar-refractivity contribution is 0.174. The van der Waals surface area contributed by atoms with Crippen molar-refractivity contribution in [3.05, 3.63) is 52.8 Å². The minimum Gasteiger partial charge on any atom is -0.454 e. The zero-order chi connectivity index (χ0) is 17.3. The van der Waals surface area contributed by atoms with Crippen molar-refractivity contribution in [1.82, 2.24) is 4.31 Å². The molecule has 0 saturated heterocycles. The Kier molecular flexibility index (Phi) is 4.67. The lowest BCUT2D eigenvalue weighted by atomic mass is 10.2. The second kappa shape index (κ2) is 6.58. The van der Waals surface area contributed by atoms with Gasteiger partial charge in [-0.25, -0.2) is 12.8 Å². The van der Waals surface area contributed by atoms with Gasteiger partial charge < -0.3 is 9.47 Å². The standard InChI is InChI=1S/C16H15ClFNO4S/c1-2-19(9-11-3-5-14-15(7-11)23-10-22-14)24(20,21)16-6-4-12(18)8-13(16)17/h3-8H,2,9-10H2,1H3. The van der Waals surface area contributed by atoms with Crippen molar-refractivity contribution in [3.63, 3.8) is 0 Å². The van der Waals surface area contributed by atoms with Crippen molar-refractivity contribution in [3.8, 4) is 11.5 Å². The first-order chi connectivity index (χ1) is 11.4. The first kappa shape index (κ1) is 17.0. The number of halogens is 2. The largest absolute Gasteiger partial charge is 0.454 e. The van der Waals surface area contributed by atoms with E-state index in [-0.39, 0.29) is 29.8 Å². The summed E-state index contributed by atoms with van der Waals surface area (Å²) in [6.45, 7) is 2.26. The van der Waals surface area contributed by atoms with Crippen molar-refractivity contribution < 1.29 is 22.3 Å². The van der Waals surface area contributed by atoms with E-state index >= 15 is 0 Å². The van der Waals surface area contributed by atoms with Gasteiger partial charge in [0, 0.05) is 13.1 Å². The molecule has 2 aromatic carbocycles. The van der Waals surface area contributed by atoms with E-state index in [0.29, 0.717) is 11.5 Å². The van der Waals surface area contributed by atoms with E-state index in [1.807, 2.05) is 0 Å². The molecule has 0 radical (unpaired) electrons. The highest BCUT2D eigenvalue weighted by Gasteiger charge is 2.26. The average molecular weight is 372 g/mol. The molecule has 0 unspecified atom stereocenters. The normalized spacial score (nSPS) is 13.5. The zero-order valence-electron chi connectivity index (χ0n) is 12.8. The lowest BCUT2D eigenvalue weighted by Crippen LogP contribution is -2.30. The fraction of sp³-hybridized carbons (Fsp3) is 0.250. The van der Waals surface area contributed by atoms with Gasteiger partial charge in [0.2, 0.25) is 16.8 Å². The van der Waals surface area contributed by atoms with E-state index in [1.54, 1.807) is 25.1 Å². The maximum Gasteiger partial charge on any atom is 0.244 e. The number of sulfonamides is 1. The van der Waals surface area contributed by atoms with Crippen LogP contribution in [0.5, 0.6) is 11.5 Å². The third kappa shape index (κ3) is 3.19. The third-order valence-electron chi connectivity index (χ3n) is 3.66. The molecule has 0 spiro atoms. The van der Waals surface area contributed by atoms with E-state index < -0.39 is 15.8 Å². The SMILES string of the molecule is CCN(Cc1ccc2c(c1)OCO2)S(=O)(=O)c1ccc(F)cc1Cl. The van der Waals surface area contributed by atoms with Crippen molar-refractivity contribution in [2.24, 2.45) is 0 Å².